The van der Waals surface area contributed by atoms with Crippen LogP contribution in [-0.2, 0) is 4.79 Å². The van der Waals surface area contributed by atoms with Crippen LogP contribution in [-0.4, -0.2) is 38.9 Å². The van der Waals surface area contributed by atoms with Crippen LogP contribution in [0.3, 0.4) is 0 Å². The summed E-state index contributed by atoms with van der Waals surface area (Å²) in [7, 11) is 1.88. The van der Waals surface area contributed by atoms with Crippen LogP contribution >= 0.6 is 0 Å². The molecule has 168 valence electrons. The molecule has 0 aromatic heterocycles. The van der Waals surface area contributed by atoms with E-state index >= 15 is 4.39 Å². The number of hydrogen-bond donors (Lipinski definition) is 2. The first kappa shape index (κ1) is 24.4. The molecule has 0 aliphatic heterocycles. The van der Waals surface area contributed by atoms with Gasteiger partial charge in [-0.05, 0) is 83.3 Å². The molecule has 6 heteroatoms. The molecule has 0 heterocycles. The molecular weight excluding hydrogens is 384 g/mol. The van der Waals surface area contributed by atoms with Crippen LogP contribution in [0.2, 0.25) is 0 Å². The maximum absolute atomic E-state index is 15.0. The molecule has 0 aromatic carbocycles. The highest BCUT2D eigenvalue weighted by Crippen LogP contribution is 2.47. The average Bonchev–Trinajstić information content (AvgIpc) is 2.75. The van der Waals surface area contributed by atoms with E-state index in [4.69, 9.17) is 0 Å². The quantitative estimate of drug-likeness (QED) is 0.443. The number of alkyl halides is 1. The number of halogens is 2. The number of aliphatic imine (C=N–C) groups is 1. The molecule has 0 radical (unpaired) electrons. The van der Waals surface area contributed by atoms with Gasteiger partial charge in [0.05, 0.1) is 0 Å². The number of nitrogens with one attached hydrogen (secondary N) is 2. The maximum Gasteiger partial charge on any atom is 0.249 e. The summed E-state index contributed by atoms with van der Waals surface area (Å²) in [6.45, 7) is 8.78. The van der Waals surface area contributed by atoms with Crippen LogP contribution in [0.25, 0.3) is 0 Å². The molecule has 2 rings (SSSR count). The van der Waals surface area contributed by atoms with E-state index in [-0.39, 0.29) is 12.3 Å². The molecule has 0 aromatic rings. The van der Waals surface area contributed by atoms with Crippen LogP contribution in [0.5, 0.6) is 0 Å². The number of rotatable bonds is 11. The second kappa shape index (κ2) is 11.5. The largest absolute Gasteiger partial charge is 0.352 e. The number of nitrogens with zero attached hydrogens (tertiary/aromatic N) is 1. The number of allylic oxidation sites excluding steroid dienone is 5. The Morgan fingerprint density at radius 2 is 1.97 bits per heavy atom. The Morgan fingerprint density at radius 3 is 2.60 bits per heavy atom. The second-order valence-corrected chi connectivity index (χ2v) is 8.35. The summed E-state index contributed by atoms with van der Waals surface area (Å²) in [4.78, 5) is 16.8. The zero-order valence-corrected chi connectivity index (χ0v) is 18.8. The predicted octanol–water partition coefficient (Wildman–Crippen LogP) is 5.33. The third kappa shape index (κ3) is 5.65. The minimum atomic E-state index is -1.26. The zero-order valence-electron chi connectivity index (χ0n) is 18.8. The van der Waals surface area contributed by atoms with Crippen LogP contribution in [0.1, 0.15) is 71.6 Å². The molecule has 0 saturated heterocycles. The van der Waals surface area contributed by atoms with Crippen LogP contribution < -0.4 is 10.6 Å². The Hall–Kier alpha value is -1.82. The van der Waals surface area contributed by atoms with Crippen molar-refractivity contribution in [2.45, 2.75) is 77.8 Å². The topological polar surface area (TPSA) is 53.5 Å². The first-order valence-electron chi connectivity index (χ1n) is 11.3. The lowest BCUT2D eigenvalue weighted by Gasteiger charge is -2.39. The van der Waals surface area contributed by atoms with Crippen molar-refractivity contribution in [2.24, 2.45) is 10.4 Å². The summed E-state index contributed by atoms with van der Waals surface area (Å²) in [5, 5.41) is 6.20. The van der Waals surface area contributed by atoms with Crippen LogP contribution in [0, 0.1) is 5.41 Å². The minimum absolute atomic E-state index is 0.0936. The van der Waals surface area contributed by atoms with Gasteiger partial charge in [0.2, 0.25) is 5.91 Å². The molecule has 0 saturated carbocycles. The highest BCUT2D eigenvalue weighted by Gasteiger charge is 2.38. The summed E-state index contributed by atoms with van der Waals surface area (Å²) >= 11 is 0. The molecule has 0 spiro atoms. The lowest BCUT2D eigenvalue weighted by molar-refractivity contribution is -0.117. The van der Waals surface area contributed by atoms with Crippen molar-refractivity contribution in [1.29, 1.82) is 0 Å². The highest BCUT2D eigenvalue weighted by molar-refractivity contribution is 5.94. The van der Waals surface area contributed by atoms with Crippen molar-refractivity contribution in [2.75, 3.05) is 20.1 Å². The van der Waals surface area contributed by atoms with Gasteiger partial charge in [-0.15, -0.1) is 0 Å². The van der Waals surface area contributed by atoms with Crippen molar-refractivity contribution in [3.05, 3.63) is 34.3 Å². The molecule has 4 nitrogen and oxygen atoms in total. The third-order valence-electron chi connectivity index (χ3n) is 6.64. The van der Waals surface area contributed by atoms with Crippen molar-refractivity contribution < 1.29 is 13.6 Å². The lowest BCUT2D eigenvalue weighted by Crippen LogP contribution is -2.36. The van der Waals surface area contributed by atoms with Gasteiger partial charge in [0, 0.05) is 29.7 Å². The monoisotopic (exact) mass is 421 g/mol. The van der Waals surface area contributed by atoms with Crippen molar-refractivity contribution in [3.8, 4) is 0 Å². The number of hydrogen-bond acceptors (Lipinski definition) is 3. The van der Waals surface area contributed by atoms with E-state index in [9.17, 15) is 9.18 Å². The molecule has 2 N–H and O–H groups in total. The normalized spacial score (nSPS) is 21.9. The van der Waals surface area contributed by atoms with Gasteiger partial charge in [-0.3, -0.25) is 9.79 Å². The summed E-state index contributed by atoms with van der Waals surface area (Å²) in [6.07, 6.45) is 6.34. The third-order valence-corrected chi connectivity index (χ3v) is 6.64. The zero-order chi connectivity index (χ0) is 22.1. The Kier molecular flexibility index (Phi) is 9.40. The van der Waals surface area contributed by atoms with E-state index in [1.807, 2.05) is 14.0 Å². The van der Waals surface area contributed by atoms with E-state index in [1.54, 1.807) is 0 Å². The molecule has 30 heavy (non-hydrogen) atoms. The minimum Gasteiger partial charge on any atom is -0.352 e. The molecule has 2 aliphatic carbocycles. The van der Waals surface area contributed by atoms with Gasteiger partial charge in [-0.25, -0.2) is 8.78 Å². The molecule has 0 fully saturated rings. The summed E-state index contributed by atoms with van der Waals surface area (Å²) in [6, 6.07) is 0. The first-order chi connectivity index (χ1) is 14.4. The maximum atomic E-state index is 15.0. The fourth-order valence-corrected chi connectivity index (χ4v) is 4.86. The van der Waals surface area contributed by atoms with E-state index in [2.05, 4.69) is 29.3 Å². The van der Waals surface area contributed by atoms with Gasteiger partial charge < -0.3 is 10.6 Å². The Morgan fingerprint density at radius 1 is 1.27 bits per heavy atom. The Bertz CT molecular complexity index is 726. The summed E-state index contributed by atoms with van der Waals surface area (Å²) in [5.74, 6) is -0.521. The molecule has 2 unspecified atom stereocenters. The summed E-state index contributed by atoms with van der Waals surface area (Å²) in [5.41, 5.74) is 2.60. The number of amides is 1. The number of carbonyl (C=O) groups is 1. The van der Waals surface area contributed by atoms with Crippen molar-refractivity contribution in [3.63, 3.8) is 0 Å². The molecule has 0 bridgehead atoms. The Labute approximate surface area is 180 Å². The second-order valence-electron chi connectivity index (χ2n) is 8.35. The van der Waals surface area contributed by atoms with Gasteiger partial charge in [0.15, 0.2) is 0 Å². The number of carbonyl (C=O) groups excluding carboxylic acids is 1. The van der Waals surface area contributed by atoms with E-state index in [0.29, 0.717) is 25.0 Å². The van der Waals surface area contributed by atoms with Gasteiger partial charge in [0.25, 0.3) is 0 Å². The highest BCUT2D eigenvalue weighted by atomic mass is 19.1. The van der Waals surface area contributed by atoms with Gasteiger partial charge in [-0.2, -0.15) is 0 Å². The molecular formula is C24H37F2N3O. The van der Waals surface area contributed by atoms with Crippen LogP contribution in [0.4, 0.5) is 8.78 Å². The fraction of sp³-hybridized carbons (Fsp3) is 0.667. The SMILES string of the molecule is C=NC1=C(C(=O)NCCC(CC)(CCNC)C2=C(CC)CC(F)C=C2F)CCCC1. The molecule has 2 atom stereocenters. The van der Waals surface area contributed by atoms with E-state index in [1.165, 1.54) is 0 Å². The van der Waals surface area contributed by atoms with Crippen molar-refractivity contribution >= 4 is 12.6 Å². The van der Waals surface area contributed by atoms with Gasteiger partial charge in [-0.1, -0.05) is 19.4 Å². The van der Waals surface area contributed by atoms with Gasteiger partial charge >= 0.3 is 0 Å². The fourth-order valence-electron chi connectivity index (χ4n) is 4.86. The van der Waals surface area contributed by atoms with E-state index < -0.39 is 17.4 Å². The predicted molar refractivity (Wildman–Crippen MR) is 120 cm³/mol. The van der Waals surface area contributed by atoms with Crippen molar-refractivity contribution in [1.82, 2.24) is 10.6 Å². The smallest absolute Gasteiger partial charge is 0.249 e. The van der Waals surface area contributed by atoms with E-state index in [0.717, 1.165) is 68.0 Å². The molecule has 1 amide bonds. The average molecular weight is 422 g/mol. The standard InChI is InChI=1S/C24H37F2N3O/c1-5-17-15-18(25)16-20(26)22(17)24(6-2,11-13-27-3)12-14-29-23(30)19-9-7-8-10-21(19)28-4/h16,18,27H,4-15H2,1-3H3,(H,29,30). The summed E-state index contributed by atoms with van der Waals surface area (Å²) < 4.78 is 29.0. The lowest BCUT2D eigenvalue weighted by atomic mass is 9.68. The van der Waals surface area contributed by atoms with Gasteiger partial charge in [0.1, 0.15) is 12.0 Å². The molecule has 2 aliphatic rings. The van der Waals surface area contributed by atoms with Crippen LogP contribution in [0.15, 0.2) is 39.3 Å². The first-order valence-corrected chi connectivity index (χ1v) is 11.3. The Balaban J connectivity index is 2.23.